The summed E-state index contributed by atoms with van der Waals surface area (Å²) >= 11 is 0. The summed E-state index contributed by atoms with van der Waals surface area (Å²) in [5.74, 6) is 0. The fourth-order valence-corrected chi connectivity index (χ4v) is 19.9. The molecule has 0 heteroatoms. The van der Waals surface area contributed by atoms with Crippen molar-refractivity contribution in [3.8, 4) is 134 Å². The van der Waals surface area contributed by atoms with E-state index in [0.717, 1.165) is 0 Å². The van der Waals surface area contributed by atoms with Gasteiger partial charge < -0.3 is 0 Å². The van der Waals surface area contributed by atoms with E-state index in [9.17, 15) is 0 Å². The lowest BCUT2D eigenvalue weighted by Gasteiger charge is -2.29. The minimum atomic E-state index is -0.217. The first-order valence-corrected chi connectivity index (χ1v) is 43.2. The second-order valence-electron chi connectivity index (χ2n) is 36.2. The Morgan fingerprint density at radius 2 is 0.355 bits per heavy atom. The topological polar surface area (TPSA) is 0 Å². The lowest BCUT2D eigenvalue weighted by atomic mass is 9.73. The maximum atomic E-state index is 2.42. The number of benzene rings is 17. The molecule has 0 fully saturated rings. The first-order chi connectivity index (χ1) is 58.4. The zero-order valence-corrected chi connectivity index (χ0v) is 72.7. The van der Waals surface area contributed by atoms with Crippen LogP contribution in [0.4, 0.5) is 0 Å². The van der Waals surface area contributed by atoms with E-state index in [1.807, 2.05) is 0 Å². The van der Waals surface area contributed by atoms with Gasteiger partial charge in [0.1, 0.15) is 0 Å². The van der Waals surface area contributed by atoms with Gasteiger partial charge in [-0.2, -0.15) is 0 Å². The van der Waals surface area contributed by atoms with Crippen LogP contribution in [0.5, 0.6) is 0 Å². The molecule has 0 spiro atoms. The minimum Gasteiger partial charge on any atom is -0.0622 e. The number of hydrogen-bond acceptors (Lipinski definition) is 0. The van der Waals surface area contributed by atoms with Gasteiger partial charge in [-0.1, -0.05) is 391 Å². The molecule has 0 saturated carbocycles. The molecule has 0 aliphatic heterocycles. The van der Waals surface area contributed by atoms with Crippen LogP contribution in [0.2, 0.25) is 0 Å². The molecule has 0 unspecified atom stereocenters. The number of aryl methyl sites for hydroxylation is 8. The second kappa shape index (κ2) is 31.5. The van der Waals surface area contributed by atoms with E-state index in [1.165, 1.54) is 228 Å². The molecule has 0 radical (unpaired) electrons. The van der Waals surface area contributed by atoms with E-state index in [1.54, 1.807) is 0 Å². The quantitative estimate of drug-likeness (QED) is 0.135. The van der Waals surface area contributed by atoms with Gasteiger partial charge in [0.25, 0.3) is 0 Å². The van der Waals surface area contributed by atoms with Crippen molar-refractivity contribution in [3.63, 3.8) is 0 Å². The molecule has 0 nitrogen and oxygen atoms in total. The summed E-state index contributed by atoms with van der Waals surface area (Å²) in [6.45, 7) is 33.9. The Bertz CT molecular complexity index is 6580. The van der Waals surface area contributed by atoms with Crippen molar-refractivity contribution in [1.29, 1.82) is 0 Å². The molecule has 4 aliphatic rings. The van der Waals surface area contributed by atoms with Crippen molar-refractivity contribution >= 4 is 0 Å². The maximum Gasteiger partial charge on any atom is 0.0435 e. The summed E-state index contributed by atoms with van der Waals surface area (Å²) in [4.78, 5) is 0. The summed E-state index contributed by atoms with van der Waals surface area (Å²) in [5, 5.41) is 0. The Kier molecular flexibility index (Phi) is 20.5. The molecule has 0 aromatic heterocycles. The first kappa shape index (κ1) is 78.9. The normalized spacial score (nSPS) is 13.7. The molecular formula is C121H106. The molecule has 17 aromatic rings. The lowest BCUT2D eigenvalue weighted by molar-refractivity contribution is 0.660. The molecule has 0 N–H and O–H groups in total. The predicted molar refractivity (Wildman–Crippen MR) is 517 cm³/mol. The molecule has 121 heavy (non-hydrogen) atoms. The average molecular weight is 1560 g/mol. The number of rotatable bonds is 9. The molecule has 21 rings (SSSR count). The lowest BCUT2D eigenvalue weighted by Crippen LogP contribution is -2.22. The molecule has 17 aromatic carbocycles. The van der Waals surface area contributed by atoms with Gasteiger partial charge in [-0.05, 0) is 311 Å². The molecule has 0 saturated heterocycles. The Hall–Kier alpha value is -13.3. The van der Waals surface area contributed by atoms with Gasteiger partial charge in [-0.25, -0.2) is 0 Å². The Labute approximate surface area is 718 Å². The van der Waals surface area contributed by atoms with Crippen LogP contribution < -0.4 is 0 Å². The molecule has 0 amide bonds. The fraction of sp³-hybridized carbons (Fsp3) is 0.157. The van der Waals surface area contributed by atoms with Gasteiger partial charge in [0.2, 0.25) is 0 Å². The van der Waals surface area contributed by atoms with Crippen LogP contribution in [-0.4, -0.2) is 0 Å². The van der Waals surface area contributed by atoms with E-state index >= 15 is 0 Å². The van der Waals surface area contributed by atoms with Crippen LogP contribution in [-0.2, 0) is 21.7 Å². The second-order valence-corrected chi connectivity index (χ2v) is 36.2. The van der Waals surface area contributed by atoms with E-state index < -0.39 is 0 Å². The maximum absolute atomic E-state index is 2.42. The highest BCUT2D eigenvalue weighted by molar-refractivity contribution is 5.92. The van der Waals surface area contributed by atoms with Crippen molar-refractivity contribution in [2.24, 2.45) is 0 Å². The summed E-state index contributed by atoms with van der Waals surface area (Å²) in [7, 11) is 0. The average Bonchev–Trinajstić information content (AvgIpc) is 1.55. The van der Waals surface area contributed by atoms with Gasteiger partial charge in [-0.15, -0.1) is 0 Å². The smallest absolute Gasteiger partial charge is 0.0435 e. The Morgan fingerprint density at radius 3 is 0.628 bits per heavy atom. The molecule has 4 aliphatic carbocycles. The van der Waals surface area contributed by atoms with Crippen LogP contribution in [0.15, 0.2) is 370 Å². The van der Waals surface area contributed by atoms with Crippen LogP contribution >= 0.6 is 0 Å². The van der Waals surface area contributed by atoms with Gasteiger partial charge in [0, 0.05) is 21.7 Å². The zero-order valence-electron chi connectivity index (χ0n) is 72.7. The highest BCUT2D eigenvalue weighted by atomic mass is 14.5. The first-order valence-electron chi connectivity index (χ1n) is 43.2. The van der Waals surface area contributed by atoms with Gasteiger partial charge in [0.05, 0.1) is 0 Å². The van der Waals surface area contributed by atoms with Crippen molar-refractivity contribution in [3.05, 3.63) is 465 Å². The van der Waals surface area contributed by atoms with E-state index in [-0.39, 0.29) is 21.7 Å². The summed E-state index contributed by atoms with van der Waals surface area (Å²) in [6.07, 6.45) is 0. The van der Waals surface area contributed by atoms with E-state index in [2.05, 4.69) is 474 Å². The van der Waals surface area contributed by atoms with Crippen molar-refractivity contribution in [1.82, 2.24) is 0 Å². The largest absolute Gasteiger partial charge is 0.0622 e. The third kappa shape index (κ3) is 14.5. The Balaban J connectivity index is 0.000000111. The highest BCUT2D eigenvalue weighted by Crippen LogP contribution is 2.57. The molecular weight excluding hydrogens is 1450 g/mol. The predicted octanol–water partition coefficient (Wildman–Crippen LogP) is 32.8. The minimum absolute atomic E-state index is 0.00786. The van der Waals surface area contributed by atoms with E-state index in [4.69, 9.17) is 0 Å². The van der Waals surface area contributed by atoms with Crippen molar-refractivity contribution in [2.45, 2.75) is 126 Å². The third-order valence-corrected chi connectivity index (χ3v) is 27.0. The fourth-order valence-electron chi connectivity index (χ4n) is 19.9. The molecule has 0 heterocycles. The standard InChI is InChI=1S/C34H28.3C29H26/c1-23-9-7-11-25(19-23)27-15-17-30-31-18-16-28(26-12-8-10-24(2)20-26)22-33(31)34(3,32(30)21-27)29-13-5-4-6-14-29;1-19-5-9-21(10-6-19)23-13-15-25-26-16-14-24(22-11-7-20(2)8-12-22)18-28(26)29(3,4)27(25)17-23;1-19-9-5-7-11-23(19)21-13-15-25-26-16-14-22(24-12-8-6-10-20(24)2)18-28(26)29(3,4)27(25)17-21;1-19-8-7-10-21(16-19)22-12-14-25-26-15-13-23(24-11-6-5-9-20(24)2)18-28(26)29(3,4)27(25)17-22/h4-22H,1-3H3;3*5-18H,1-4H3. The highest BCUT2D eigenvalue weighted by Gasteiger charge is 2.43. The molecule has 0 bridgehead atoms. The van der Waals surface area contributed by atoms with Gasteiger partial charge in [0.15, 0.2) is 0 Å². The van der Waals surface area contributed by atoms with Gasteiger partial charge >= 0.3 is 0 Å². The third-order valence-electron chi connectivity index (χ3n) is 27.0. The van der Waals surface area contributed by atoms with Crippen molar-refractivity contribution in [2.75, 3.05) is 0 Å². The number of hydrogen-bond donors (Lipinski definition) is 0. The zero-order chi connectivity index (χ0) is 83.8. The van der Waals surface area contributed by atoms with Crippen LogP contribution in [0.3, 0.4) is 0 Å². The summed E-state index contributed by atoms with van der Waals surface area (Å²) in [5.41, 5.74) is 54.5. The molecule has 590 valence electrons. The van der Waals surface area contributed by atoms with Crippen LogP contribution in [0.25, 0.3) is 134 Å². The van der Waals surface area contributed by atoms with E-state index in [0.29, 0.717) is 0 Å². The monoisotopic (exact) mass is 1560 g/mol. The summed E-state index contributed by atoms with van der Waals surface area (Å²) < 4.78 is 0. The summed E-state index contributed by atoms with van der Waals surface area (Å²) in [6, 6.07) is 137. The molecule has 0 atom stereocenters. The SMILES string of the molecule is Cc1ccc(-c2ccc3c(c2)C(C)(C)c2cc(-c4ccc(C)cc4)ccc2-3)cc1.Cc1cccc(-c2ccc3c(c2)C(C)(C)c2cc(-c4ccccc4C)ccc2-3)c1.Cc1cccc(-c2ccc3c(c2)C(C)(c2ccccc2)c2cc(-c4cccc(C)c4)ccc2-3)c1.Cc1ccccc1-c1ccc2c(c1)C(C)(C)c1cc(-c3ccccc3C)ccc1-2. The number of fused-ring (bicyclic) bond motifs is 12. The van der Waals surface area contributed by atoms with Crippen LogP contribution in [0.1, 0.15) is 143 Å². The van der Waals surface area contributed by atoms with Gasteiger partial charge in [-0.3, -0.25) is 0 Å². The Morgan fingerprint density at radius 1 is 0.140 bits per heavy atom. The van der Waals surface area contributed by atoms with Crippen molar-refractivity contribution < 1.29 is 0 Å². The van der Waals surface area contributed by atoms with Crippen LogP contribution in [0, 0.1) is 55.4 Å².